The van der Waals surface area contributed by atoms with Gasteiger partial charge in [0.15, 0.2) is 0 Å². The van der Waals surface area contributed by atoms with E-state index in [2.05, 4.69) is 0 Å². The Bertz CT molecular complexity index is 1210. The number of benzene rings is 4. The van der Waals surface area contributed by atoms with E-state index >= 15 is 0 Å². The second kappa shape index (κ2) is 6.95. The summed E-state index contributed by atoms with van der Waals surface area (Å²) in [6.07, 6.45) is 0.530. The van der Waals surface area contributed by atoms with Crippen LogP contribution in [-0.2, 0) is 6.42 Å². The molecule has 0 atom stereocenters. The number of hydrogen-bond donors (Lipinski definition) is 1. The van der Waals surface area contributed by atoms with Crippen LogP contribution in [0.2, 0.25) is 0 Å². The fraction of sp³-hybridized carbons (Fsp3) is 0.0385. The van der Waals surface area contributed by atoms with Crippen molar-refractivity contribution in [3.63, 3.8) is 0 Å². The molecule has 0 bridgehead atoms. The van der Waals surface area contributed by atoms with E-state index < -0.39 is 5.97 Å². The lowest BCUT2D eigenvalue weighted by atomic mass is 9.84. The van der Waals surface area contributed by atoms with E-state index in [0.717, 1.165) is 39.1 Å². The summed E-state index contributed by atoms with van der Waals surface area (Å²) in [6.45, 7) is 0. The van der Waals surface area contributed by atoms with Crippen molar-refractivity contribution in [3.8, 4) is 33.8 Å². The van der Waals surface area contributed by atoms with Crippen molar-refractivity contribution in [1.82, 2.24) is 0 Å². The summed E-state index contributed by atoms with van der Waals surface area (Å²) >= 11 is 0. The molecule has 1 aliphatic heterocycles. The second-order valence-corrected chi connectivity index (χ2v) is 7.07. The zero-order valence-corrected chi connectivity index (χ0v) is 15.6. The molecule has 1 aliphatic rings. The number of para-hydroxylation sites is 1. The summed E-state index contributed by atoms with van der Waals surface area (Å²) in [7, 11) is 0. The molecule has 4 aromatic carbocycles. The standard InChI is InChI=1S/C26H18O3/c27-26(28)25-21-15-19-13-7-8-14-22(19)29-23(21)16-20(17-9-3-1-4-10-17)24(25)18-11-5-2-6-12-18/h1-14,16H,15H2,(H,27,28). The predicted octanol–water partition coefficient (Wildman–Crippen LogP) is 6.42. The van der Waals surface area contributed by atoms with E-state index in [0.29, 0.717) is 17.7 Å². The zero-order chi connectivity index (χ0) is 19.8. The van der Waals surface area contributed by atoms with Crippen LogP contribution in [0, 0.1) is 0 Å². The molecule has 0 saturated carbocycles. The molecule has 1 heterocycles. The maximum atomic E-state index is 12.5. The summed E-state index contributed by atoms with van der Waals surface area (Å²) in [5.74, 6) is 0.448. The molecule has 140 valence electrons. The molecule has 5 rings (SSSR count). The second-order valence-electron chi connectivity index (χ2n) is 7.07. The zero-order valence-electron chi connectivity index (χ0n) is 15.6. The maximum Gasteiger partial charge on any atom is 0.336 e. The Morgan fingerprint density at radius 2 is 1.38 bits per heavy atom. The first-order valence-corrected chi connectivity index (χ1v) is 9.52. The number of fused-ring (bicyclic) bond motifs is 2. The van der Waals surface area contributed by atoms with Gasteiger partial charge < -0.3 is 9.84 Å². The third kappa shape index (κ3) is 2.97. The fourth-order valence-electron chi connectivity index (χ4n) is 4.01. The minimum absolute atomic E-state index is 0.307. The van der Waals surface area contributed by atoms with Gasteiger partial charge in [0.2, 0.25) is 0 Å². The number of carbonyl (C=O) groups is 1. The molecule has 0 unspecified atom stereocenters. The van der Waals surface area contributed by atoms with Gasteiger partial charge >= 0.3 is 5.97 Å². The first-order valence-electron chi connectivity index (χ1n) is 9.52. The van der Waals surface area contributed by atoms with Gasteiger partial charge in [0.1, 0.15) is 11.5 Å². The number of carboxylic acids is 1. The quantitative estimate of drug-likeness (QED) is 0.394. The lowest BCUT2D eigenvalue weighted by Crippen LogP contribution is -2.12. The van der Waals surface area contributed by atoms with Gasteiger partial charge in [-0.1, -0.05) is 78.9 Å². The van der Waals surface area contributed by atoms with E-state index in [1.54, 1.807) is 0 Å². The average Bonchev–Trinajstić information content (AvgIpc) is 2.77. The van der Waals surface area contributed by atoms with Crippen LogP contribution in [0.15, 0.2) is 91.0 Å². The van der Waals surface area contributed by atoms with Crippen molar-refractivity contribution in [2.75, 3.05) is 0 Å². The summed E-state index contributed by atoms with van der Waals surface area (Å²) < 4.78 is 6.16. The highest BCUT2D eigenvalue weighted by Crippen LogP contribution is 2.46. The number of aromatic carboxylic acids is 1. The summed E-state index contributed by atoms with van der Waals surface area (Å²) in [6, 6.07) is 29.3. The van der Waals surface area contributed by atoms with E-state index in [1.165, 1.54) is 0 Å². The molecule has 1 N–H and O–H groups in total. The van der Waals surface area contributed by atoms with E-state index in [4.69, 9.17) is 4.74 Å². The van der Waals surface area contributed by atoms with Gasteiger partial charge in [0.25, 0.3) is 0 Å². The van der Waals surface area contributed by atoms with E-state index in [1.807, 2.05) is 91.0 Å². The molecule has 0 saturated heterocycles. The number of hydrogen-bond acceptors (Lipinski definition) is 2. The third-order valence-electron chi connectivity index (χ3n) is 5.31. The molecule has 0 radical (unpaired) electrons. The predicted molar refractivity (Wildman–Crippen MR) is 114 cm³/mol. The molecule has 3 heteroatoms. The van der Waals surface area contributed by atoms with E-state index in [9.17, 15) is 9.90 Å². The smallest absolute Gasteiger partial charge is 0.336 e. The molecule has 0 aromatic heterocycles. The van der Waals surface area contributed by atoms with Crippen LogP contribution in [0.4, 0.5) is 0 Å². The summed E-state index contributed by atoms with van der Waals surface area (Å²) in [5.41, 5.74) is 5.44. The summed E-state index contributed by atoms with van der Waals surface area (Å²) in [4.78, 5) is 12.5. The van der Waals surface area contributed by atoms with Gasteiger partial charge in [-0.05, 0) is 34.4 Å². The van der Waals surface area contributed by atoms with Crippen LogP contribution in [-0.4, -0.2) is 11.1 Å². The van der Waals surface area contributed by atoms with Crippen molar-refractivity contribution in [1.29, 1.82) is 0 Å². The van der Waals surface area contributed by atoms with Crippen LogP contribution >= 0.6 is 0 Å². The molecule has 4 aromatic rings. The van der Waals surface area contributed by atoms with Gasteiger partial charge in [-0.3, -0.25) is 0 Å². The largest absolute Gasteiger partial charge is 0.478 e. The highest BCUT2D eigenvalue weighted by molar-refractivity contribution is 6.04. The van der Waals surface area contributed by atoms with E-state index in [-0.39, 0.29) is 0 Å². The Morgan fingerprint density at radius 1 is 0.759 bits per heavy atom. The third-order valence-corrected chi connectivity index (χ3v) is 5.31. The molecule has 0 amide bonds. The van der Waals surface area contributed by atoms with Gasteiger partial charge in [0, 0.05) is 17.5 Å². The summed E-state index contributed by atoms with van der Waals surface area (Å²) in [5, 5.41) is 10.2. The van der Waals surface area contributed by atoms with Crippen LogP contribution in [0.5, 0.6) is 11.5 Å². The highest BCUT2D eigenvalue weighted by atomic mass is 16.5. The van der Waals surface area contributed by atoms with Gasteiger partial charge in [-0.25, -0.2) is 4.79 Å². The maximum absolute atomic E-state index is 12.5. The highest BCUT2D eigenvalue weighted by Gasteiger charge is 2.28. The minimum atomic E-state index is -0.944. The Morgan fingerprint density at radius 3 is 2.07 bits per heavy atom. The first kappa shape index (κ1) is 17.3. The molecule has 29 heavy (non-hydrogen) atoms. The Kier molecular flexibility index (Phi) is 4.14. The minimum Gasteiger partial charge on any atom is -0.478 e. The van der Waals surface area contributed by atoms with Crippen LogP contribution in [0.1, 0.15) is 21.5 Å². The molecular formula is C26H18O3. The normalized spacial score (nSPS) is 11.9. The topological polar surface area (TPSA) is 46.5 Å². The van der Waals surface area contributed by atoms with Crippen molar-refractivity contribution < 1.29 is 14.6 Å². The number of carboxylic acid groups (broad SMARTS) is 1. The number of rotatable bonds is 3. The van der Waals surface area contributed by atoms with Crippen LogP contribution in [0.25, 0.3) is 22.3 Å². The van der Waals surface area contributed by atoms with Crippen molar-refractivity contribution in [2.45, 2.75) is 6.42 Å². The van der Waals surface area contributed by atoms with Crippen LogP contribution in [0.3, 0.4) is 0 Å². The molecule has 3 nitrogen and oxygen atoms in total. The van der Waals surface area contributed by atoms with Crippen molar-refractivity contribution in [2.24, 2.45) is 0 Å². The molecule has 0 spiro atoms. The van der Waals surface area contributed by atoms with Gasteiger partial charge in [-0.2, -0.15) is 0 Å². The van der Waals surface area contributed by atoms with Gasteiger partial charge in [-0.15, -0.1) is 0 Å². The van der Waals surface area contributed by atoms with Crippen molar-refractivity contribution >= 4 is 5.97 Å². The fourth-order valence-corrected chi connectivity index (χ4v) is 4.01. The molecular weight excluding hydrogens is 360 g/mol. The Labute approximate surface area is 168 Å². The SMILES string of the molecule is O=C(O)c1c2c(cc(-c3ccccc3)c1-c1ccccc1)Oc1ccccc1C2. The monoisotopic (exact) mass is 378 g/mol. The lowest BCUT2D eigenvalue weighted by Gasteiger charge is -2.25. The Hall–Kier alpha value is -3.85. The Balaban J connectivity index is 1.85. The number of ether oxygens (including phenoxy) is 1. The van der Waals surface area contributed by atoms with Crippen LogP contribution < -0.4 is 4.74 Å². The van der Waals surface area contributed by atoms with Crippen molar-refractivity contribution in [3.05, 3.63) is 108 Å². The van der Waals surface area contributed by atoms with Gasteiger partial charge in [0.05, 0.1) is 5.56 Å². The first-order chi connectivity index (χ1) is 14.2. The lowest BCUT2D eigenvalue weighted by molar-refractivity contribution is 0.0696. The molecule has 0 aliphatic carbocycles. The molecule has 0 fully saturated rings. The average molecular weight is 378 g/mol.